The number of thiophene rings is 1. The van der Waals surface area contributed by atoms with Crippen LogP contribution in [0.25, 0.3) is 10.1 Å². The van der Waals surface area contributed by atoms with Gasteiger partial charge in [-0.2, -0.15) is 0 Å². The molecule has 0 unspecified atom stereocenters. The van der Waals surface area contributed by atoms with Crippen LogP contribution in [0.4, 0.5) is 18.2 Å². The Labute approximate surface area is 196 Å². The second-order valence-electron chi connectivity index (χ2n) is 8.12. The Bertz CT molecular complexity index is 1190. The smallest absolute Gasteiger partial charge is 0.406 e. The number of hydrogen-bond acceptors (Lipinski definition) is 5. The summed E-state index contributed by atoms with van der Waals surface area (Å²) < 4.78 is 70.6. The van der Waals surface area contributed by atoms with Gasteiger partial charge in [0, 0.05) is 17.3 Å². The third-order valence-corrected chi connectivity index (χ3v) is 8.54. The van der Waals surface area contributed by atoms with Gasteiger partial charge in [0.1, 0.15) is 10.8 Å². The minimum atomic E-state index is -4.78. The van der Waals surface area contributed by atoms with Crippen LogP contribution in [-0.4, -0.2) is 45.1 Å². The molecule has 5 nitrogen and oxygen atoms in total. The van der Waals surface area contributed by atoms with Crippen LogP contribution in [-0.2, 0) is 16.6 Å². The fraction of sp³-hybridized carbons (Fsp3) is 0.391. The zero-order valence-corrected chi connectivity index (χ0v) is 20.5. The molecule has 0 aliphatic rings. The standard InChI is InChI=1S/C23H27F3N2O3S2/c1-16(2)27(4)13-14-33(29,30)28(22-17(3)20-7-5-6-8-21(20)32-22)15-18-9-11-19(12-10-18)31-23(24,25)26/h5-12,16H,13-15H2,1-4H3. The van der Waals surface area contributed by atoms with E-state index in [1.165, 1.54) is 39.9 Å². The molecule has 1 heterocycles. The molecule has 0 aliphatic heterocycles. The molecule has 2 aromatic carbocycles. The zero-order valence-electron chi connectivity index (χ0n) is 18.9. The maximum atomic E-state index is 13.5. The van der Waals surface area contributed by atoms with Gasteiger partial charge < -0.3 is 9.64 Å². The molecule has 10 heteroatoms. The number of ether oxygens (including phenoxy) is 1. The summed E-state index contributed by atoms with van der Waals surface area (Å²) in [6.07, 6.45) is -4.78. The number of sulfonamides is 1. The normalized spacial score (nSPS) is 12.6. The molecule has 0 amide bonds. The minimum absolute atomic E-state index is 0.00762. The van der Waals surface area contributed by atoms with Gasteiger partial charge in [-0.1, -0.05) is 30.3 Å². The Morgan fingerprint density at radius 3 is 2.27 bits per heavy atom. The molecule has 33 heavy (non-hydrogen) atoms. The number of hydrogen-bond donors (Lipinski definition) is 0. The van der Waals surface area contributed by atoms with Crippen LogP contribution in [0.5, 0.6) is 5.75 Å². The number of nitrogens with zero attached hydrogens (tertiary/aromatic N) is 2. The predicted molar refractivity (Wildman–Crippen MR) is 127 cm³/mol. The van der Waals surface area contributed by atoms with Gasteiger partial charge >= 0.3 is 6.36 Å². The predicted octanol–water partition coefficient (Wildman–Crippen LogP) is 5.78. The monoisotopic (exact) mass is 500 g/mol. The molecule has 3 rings (SSSR count). The molecular formula is C23H27F3N2O3S2. The third-order valence-electron chi connectivity index (χ3n) is 5.45. The van der Waals surface area contributed by atoms with Gasteiger partial charge in [-0.25, -0.2) is 8.42 Å². The van der Waals surface area contributed by atoms with E-state index in [-0.39, 0.29) is 24.1 Å². The first kappa shape index (κ1) is 25.3. The highest BCUT2D eigenvalue weighted by atomic mass is 32.2. The van der Waals surface area contributed by atoms with Crippen molar-refractivity contribution in [1.29, 1.82) is 0 Å². The first-order chi connectivity index (χ1) is 15.4. The van der Waals surface area contributed by atoms with Crippen LogP contribution in [0, 0.1) is 6.92 Å². The summed E-state index contributed by atoms with van der Waals surface area (Å²) >= 11 is 1.39. The van der Waals surface area contributed by atoms with E-state index in [9.17, 15) is 21.6 Å². The molecule has 3 aromatic rings. The quantitative estimate of drug-likeness (QED) is 0.374. The van der Waals surface area contributed by atoms with E-state index in [4.69, 9.17) is 0 Å². The van der Waals surface area contributed by atoms with Crippen molar-refractivity contribution in [3.8, 4) is 5.75 Å². The van der Waals surface area contributed by atoms with E-state index in [0.717, 1.165) is 15.6 Å². The Morgan fingerprint density at radius 1 is 1.06 bits per heavy atom. The molecule has 1 aromatic heterocycles. The van der Waals surface area contributed by atoms with Gasteiger partial charge in [0.25, 0.3) is 0 Å². The summed E-state index contributed by atoms with van der Waals surface area (Å²) in [5.41, 5.74) is 1.41. The Kier molecular flexibility index (Phi) is 7.60. The fourth-order valence-electron chi connectivity index (χ4n) is 3.29. The SMILES string of the molecule is Cc1c(N(Cc2ccc(OC(F)(F)F)cc2)S(=O)(=O)CCN(C)C(C)C)sc2ccccc12. The van der Waals surface area contributed by atoms with Gasteiger partial charge in [-0.05, 0) is 62.5 Å². The molecule has 0 atom stereocenters. The van der Waals surface area contributed by atoms with Crippen molar-refractivity contribution < 1.29 is 26.3 Å². The van der Waals surface area contributed by atoms with E-state index < -0.39 is 16.4 Å². The highest BCUT2D eigenvalue weighted by Gasteiger charge is 2.31. The number of anilines is 1. The van der Waals surface area contributed by atoms with E-state index in [1.54, 1.807) is 0 Å². The number of alkyl halides is 3. The lowest BCUT2D eigenvalue weighted by Gasteiger charge is -2.27. The molecule has 180 valence electrons. The largest absolute Gasteiger partial charge is 0.573 e. The lowest BCUT2D eigenvalue weighted by molar-refractivity contribution is -0.274. The van der Waals surface area contributed by atoms with Gasteiger partial charge in [0.2, 0.25) is 10.0 Å². The van der Waals surface area contributed by atoms with Crippen LogP contribution >= 0.6 is 11.3 Å². The summed E-state index contributed by atoms with van der Waals surface area (Å²) in [5, 5.41) is 1.59. The molecule has 0 aliphatic carbocycles. The van der Waals surface area contributed by atoms with Gasteiger partial charge in [-0.3, -0.25) is 4.31 Å². The lowest BCUT2D eigenvalue weighted by Crippen LogP contribution is -2.38. The van der Waals surface area contributed by atoms with Crippen molar-refractivity contribution in [2.75, 3.05) is 23.7 Å². The maximum absolute atomic E-state index is 13.5. The Morgan fingerprint density at radius 2 is 1.70 bits per heavy atom. The summed E-state index contributed by atoms with van der Waals surface area (Å²) in [7, 11) is -1.85. The van der Waals surface area contributed by atoms with Crippen molar-refractivity contribution in [3.63, 3.8) is 0 Å². The highest BCUT2D eigenvalue weighted by Crippen LogP contribution is 2.39. The summed E-state index contributed by atoms with van der Waals surface area (Å²) in [4.78, 5) is 1.96. The van der Waals surface area contributed by atoms with Crippen LogP contribution in [0.2, 0.25) is 0 Å². The van der Waals surface area contributed by atoms with E-state index in [1.807, 2.05) is 57.0 Å². The molecule has 0 radical (unpaired) electrons. The van der Waals surface area contributed by atoms with Gasteiger partial charge in [0.05, 0.1) is 12.3 Å². The maximum Gasteiger partial charge on any atom is 0.573 e. The average molecular weight is 501 g/mol. The number of aryl methyl sites for hydroxylation is 1. The number of fused-ring (bicyclic) bond motifs is 1. The highest BCUT2D eigenvalue weighted by molar-refractivity contribution is 7.93. The molecular weight excluding hydrogens is 473 g/mol. The van der Waals surface area contributed by atoms with Crippen molar-refractivity contribution >= 4 is 36.4 Å². The van der Waals surface area contributed by atoms with Crippen molar-refractivity contribution in [3.05, 3.63) is 59.7 Å². The fourth-order valence-corrected chi connectivity index (χ4v) is 6.33. The van der Waals surface area contributed by atoms with Crippen molar-refractivity contribution in [2.24, 2.45) is 0 Å². The Hall–Kier alpha value is -2.30. The van der Waals surface area contributed by atoms with Crippen molar-refractivity contribution in [2.45, 2.75) is 39.7 Å². The average Bonchev–Trinajstić information content (AvgIpc) is 3.06. The van der Waals surface area contributed by atoms with Crippen LogP contribution in [0.15, 0.2) is 48.5 Å². The van der Waals surface area contributed by atoms with Crippen LogP contribution in [0.1, 0.15) is 25.0 Å². The van der Waals surface area contributed by atoms with Crippen molar-refractivity contribution in [1.82, 2.24) is 4.90 Å². The Balaban J connectivity index is 1.95. The summed E-state index contributed by atoms with van der Waals surface area (Å²) in [6.45, 7) is 6.24. The topological polar surface area (TPSA) is 49.9 Å². The first-order valence-corrected chi connectivity index (χ1v) is 12.8. The summed E-state index contributed by atoms with van der Waals surface area (Å²) in [6, 6.07) is 13.2. The van der Waals surface area contributed by atoms with E-state index >= 15 is 0 Å². The number of halogens is 3. The second kappa shape index (κ2) is 9.90. The minimum Gasteiger partial charge on any atom is -0.406 e. The second-order valence-corrected chi connectivity index (χ2v) is 11.2. The zero-order chi connectivity index (χ0) is 24.4. The number of benzene rings is 2. The lowest BCUT2D eigenvalue weighted by atomic mass is 10.2. The molecule has 0 bridgehead atoms. The van der Waals surface area contributed by atoms with Crippen LogP contribution in [0.3, 0.4) is 0 Å². The molecule has 0 N–H and O–H groups in total. The first-order valence-electron chi connectivity index (χ1n) is 10.4. The van der Waals surface area contributed by atoms with Gasteiger partial charge in [0.15, 0.2) is 0 Å². The summed E-state index contributed by atoms with van der Waals surface area (Å²) in [5.74, 6) is -0.428. The third kappa shape index (κ3) is 6.39. The van der Waals surface area contributed by atoms with Gasteiger partial charge in [-0.15, -0.1) is 24.5 Å². The molecule has 0 saturated carbocycles. The molecule has 0 saturated heterocycles. The van der Waals surface area contributed by atoms with E-state index in [2.05, 4.69) is 4.74 Å². The number of rotatable bonds is 9. The molecule has 0 fully saturated rings. The van der Waals surface area contributed by atoms with Crippen LogP contribution < -0.4 is 9.04 Å². The van der Waals surface area contributed by atoms with E-state index in [0.29, 0.717) is 17.1 Å². The molecule has 0 spiro atoms.